The molecule has 0 aromatic rings. The zero-order valence-electron chi connectivity index (χ0n) is 17.4. The second kappa shape index (κ2) is 8.64. The number of carbonyl (C=O) groups excluding carboxylic acids is 3. The Labute approximate surface area is 167 Å². The molecule has 7 nitrogen and oxygen atoms in total. The molecule has 0 aromatic heterocycles. The van der Waals surface area contributed by atoms with E-state index in [2.05, 4.69) is 17.1 Å². The molecule has 28 heavy (non-hydrogen) atoms. The van der Waals surface area contributed by atoms with E-state index in [1.54, 1.807) is 11.8 Å². The maximum Gasteiger partial charge on any atom is 0.335 e. The Morgan fingerprint density at radius 3 is 2.57 bits per heavy atom. The summed E-state index contributed by atoms with van der Waals surface area (Å²) in [5.41, 5.74) is -0.0102. The van der Waals surface area contributed by atoms with E-state index in [9.17, 15) is 14.4 Å². The van der Waals surface area contributed by atoms with Gasteiger partial charge in [0.1, 0.15) is 5.60 Å². The number of nitrogens with one attached hydrogen (secondary N) is 1. The van der Waals surface area contributed by atoms with E-state index < -0.39 is 11.6 Å². The summed E-state index contributed by atoms with van der Waals surface area (Å²) in [6, 6.07) is 0.616. The van der Waals surface area contributed by atoms with Crippen LogP contribution in [-0.4, -0.2) is 72.0 Å². The number of hydrogen-bond acceptors (Lipinski definition) is 5. The largest absolute Gasteiger partial charge is 0.450 e. The number of nitrogens with zero attached hydrogens (tertiary/aromatic N) is 2. The molecule has 0 radical (unpaired) electrons. The van der Waals surface area contributed by atoms with Crippen LogP contribution in [0, 0.1) is 0 Å². The van der Waals surface area contributed by atoms with Crippen molar-refractivity contribution in [2.45, 2.75) is 70.9 Å². The molecule has 1 atom stereocenters. The average Bonchev–Trinajstić information content (AvgIpc) is 2.90. The zero-order chi connectivity index (χ0) is 20.3. The van der Waals surface area contributed by atoms with Crippen LogP contribution >= 0.6 is 0 Å². The lowest BCUT2D eigenvalue weighted by Gasteiger charge is -2.39. The van der Waals surface area contributed by atoms with E-state index >= 15 is 0 Å². The van der Waals surface area contributed by atoms with Gasteiger partial charge in [-0.05, 0) is 39.7 Å². The molecular weight excluding hydrogens is 358 g/mol. The number of piperidine rings is 2. The highest BCUT2D eigenvalue weighted by molar-refractivity contribution is 6.07. The first kappa shape index (κ1) is 20.8. The monoisotopic (exact) mass is 391 g/mol. The summed E-state index contributed by atoms with van der Waals surface area (Å²) in [5, 5.41) is 3.00. The molecule has 2 saturated heterocycles. The van der Waals surface area contributed by atoms with Crippen molar-refractivity contribution < 1.29 is 19.1 Å². The number of ether oxygens (including phenoxy) is 1. The lowest BCUT2D eigenvalue weighted by Crippen LogP contribution is -2.50. The maximum absolute atomic E-state index is 12.9. The molecule has 2 amide bonds. The van der Waals surface area contributed by atoms with Gasteiger partial charge in [0, 0.05) is 57.6 Å². The Morgan fingerprint density at radius 2 is 1.93 bits per heavy atom. The predicted molar refractivity (Wildman–Crippen MR) is 106 cm³/mol. The molecule has 2 fully saturated rings. The van der Waals surface area contributed by atoms with Gasteiger partial charge >= 0.3 is 5.97 Å². The summed E-state index contributed by atoms with van der Waals surface area (Å²) in [6.45, 7) is 9.17. The Bertz CT molecular complexity index is 665. The third kappa shape index (κ3) is 4.24. The van der Waals surface area contributed by atoms with Crippen molar-refractivity contribution >= 4 is 17.8 Å². The van der Waals surface area contributed by atoms with Crippen LogP contribution in [0.15, 0.2) is 11.1 Å². The summed E-state index contributed by atoms with van der Waals surface area (Å²) in [6.07, 6.45) is 5.65. The first-order valence-electron chi connectivity index (χ1n) is 10.6. The van der Waals surface area contributed by atoms with E-state index in [4.69, 9.17) is 4.74 Å². The zero-order valence-corrected chi connectivity index (χ0v) is 17.4. The summed E-state index contributed by atoms with van der Waals surface area (Å²) in [7, 11) is 0. The van der Waals surface area contributed by atoms with Gasteiger partial charge in [0.2, 0.25) is 5.91 Å². The molecule has 7 heteroatoms. The highest BCUT2D eigenvalue weighted by Crippen LogP contribution is 2.41. The Kier molecular flexibility index (Phi) is 6.43. The van der Waals surface area contributed by atoms with Gasteiger partial charge in [-0.2, -0.15) is 0 Å². The van der Waals surface area contributed by atoms with Crippen molar-refractivity contribution in [3.05, 3.63) is 11.1 Å². The number of carbonyl (C=O) groups is 3. The van der Waals surface area contributed by atoms with Crippen LogP contribution in [0.2, 0.25) is 0 Å². The SMILES string of the molecule is CC(=O)N1CCC2(CC1)OC(=O)C(C)=C2C(=O)NCCCN1CCCC[C@H]1C. The normalized spacial score (nSPS) is 25.2. The predicted octanol–water partition coefficient (Wildman–Crippen LogP) is 1.62. The van der Waals surface area contributed by atoms with E-state index in [0.717, 1.165) is 19.5 Å². The fourth-order valence-electron chi connectivity index (χ4n) is 4.72. The van der Waals surface area contributed by atoms with Crippen LogP contribution in [0.25, 0.3) is 0 Å². The molecule has 156 valence electrons. The van der Waals surface area contributed by atoms with Gasteiger partial charge in [0.05, 0.1) is 5.57 Å². The molecule has 0 bridgehead atoms. The van der Waals surface area contributed by atoms with Gasteiger partial charge in [-0.3, -0.25) is 9.59 Å². The molecule has 1 spiro atoms. The van der Waals surface area contributed by atoms with Gasteiger partial charge in [-0.1, -0.05) is 6.42 Å². The molecule has 3 heterocycles. The Hall–Kier alpha value is -1.89. The van der Waals surface area contributed by atoms with E-state index in [0.29, 0.717) is 49.7 Å². The minimum Gasteiger partial charge on any atom is -0.450 e. The average molecular weight is 392 g/mol. The lowest BCUT2D eigenvalue weighted by atomic mass is 9.82. The minimum absolute atomic E-state index is 0.0119. The number of rotatable bonds is 5. The van der Waals surface area contributed by atoms with Gasteiger partial charge < -0.3 is 19.9 Å². The quantitative estimate of drug-likeness (QED) is 0.569. The highest BCUT2D eigenvalue weighted by Gasteiger charge is 2.50. The van der Waals surface area contributed by atoms with E-state index in [-0.39, 0.29) is 11.8 Å². The van der Waals surface area contributed by atoms with Crippen LogP contribution in [0.3, 0.4) is 0 Å². The summed E-state index contributed by atoms with van der Waals surface area (Å²) in [4.78, 5) is 40.9. The van der Waals surface area contributed by atoms with E-state index in [1.807, 2.05) is 0 Å². The topological polar surface area (TPSA) is 78.9 Å². The fraction of sp³-hybridized carbons (Fsp3) is 0.762. The molecule has 0 aliphatic carbocycles. The van der Waals surface area contributed by atoms with Crippen LogP contribution in [0.5, 0.6) is 0 Å². The third-order valence-electron chi connectivity index (χ3n) is 6.52. The molecule has 3 aliphatic rings. The highest BCUT2D eigenvalue weighted by atomic mass is 16.6. The van der Waals surface area contributed by atoms with Gasteiger partial charge in [0.25, 0.3) is 5.91 Å². The van der Waals surface area contributed by atoms with Crippen LogP contribution in [0.1, 0.15) is 59.3 Å². The summed E-state index contributed by atoms with van der Waals surface area (Å²) >= 11 is 0. The Morgan fingerprint density at radius 1 is 1.21 bits per heavy atom. The number of likely N-dealkylation sites (tertiary alicyclic amines) is 2. The van der Waals surface area contributed by atoms with Gasteiger partial charge in [-0.25, -0.2) is 4.79 Å². The Balaban J connectivity index is 1.56. The van der Waals surface area contributed by atoms with Gasteiger partial charge in [-0.15, -0.1) is 0 Å². The smallest absolute Gasteiger partial charge is 0.335 e. The van der Waals surface area contributed by atoms with Crippen molar-refractivity contribution in [3.8, 4) is 0 Å². The van der Waals surface area contributed by atoms with Crippen molar-refractivity contribution in [1.29, 1.82) is 0 Å². The van der Waals surface area contributed by atoms with Crippen LogP contribution in [-0.2, 0) is 19.1 Å². The maximum atomic E-state index is 12.9. The van der Waals surface area contributed by atoms with Crippen molar-refractivity contribution in [2.75, 3.05) is 32.7 Å². The van der Waals surface area contributed by atoms with E-state index in [1.165, 1.54) is 26.2 Å². The minimum atomic E-state index is -0.876. The van der Waals surface area contributed by atoms with Crippen LogP contribution < -0.4 is 5.32 Å². The molecular formula is C21H33N3O4. The number of esters is 1. The second-order valence-corrected chi connectivity index (χ2v) is 8.38. The van der Waals surface area contributed by atoms with Crippen LogP contribution in [0.4, 0.5) is 0 Å². The molecule has 1 N–H and O–H groups in total. The first-order chi connectivity index (χ1) is 13.3. The van der Waals surface area contributed by atoms with Crippen molar-refractivity contribution in [2.24, 2.45) is 0 Å². The summed E-state index contributed by atoms with van der Waals surface area (Å²) in [5.74, 6) is -0.604. The molecule has 3 aliphatic heterocycles. The summed E-state index contributed by atoms with van der Waals surface area (Å²) < 4.78 is 5.66. The fourth-order valence-corrected chi connectivity index (χ4v) is 4.72. The number of amides is 2. The molecule has 0 saturated carbocycles. The first-order valence-corrected chi connectivity index (χ1v) is 10.6. The van der Waals surface area contributed by atoms with Crippen molar-refractivity contribution in [1.82, 2.24) is 15.1 Å². The standard InChI is InChI=1S/C21H33N3O4/c1-15-7-4-5-11-23(15)12-6-10-22-19(26)18-16(2)20(27)28-21(18)8-13-24(14-9-21)17(3)25/h15H,4-14H2,1-3H3,(H,22,26)/t15-/m1/s1. The number of hydrogen-bond donors (Lipinski definition) is 1. The van der Waals surface area contributed by atoms with Gasteiger partial charge in [0.15, 0.2) is 0 Å². The molecule has 0 unspecified atom stereocenters. The second-order valence-electron chi connectivity index (χ2n) is 8.38. The van der Waals surface area contributed by atoms with Crippen molar-refractivity contribution in [3.63, 3.8) is 0 Å². The lowest BCUT2D eigenvalue weighted by molar-refractivity contribution is -0.152. The molecule has 3 rings (SSSR count). The third-order valence-corrected chi connectivity index (χ3v) is 6.52. The molecule has 0 aromatic carbocycles.